The first kappa shape index (κ1) is 76.5. The molecule has 0 fully saturated rings. The Morgan fingerprint density at radius 1 is 0.436 bits per heavy atom. The molecule has 9 nitrogen and oxygen atoms in total. The fourth-order valence-corrected chi connectivity index (χ4v) is 11.1. The van der Waals surface area contributed by atoms with E-state index >= 15 is 0 Å². The van der Waals surface area contributed by atoms with Gasteiger partial charge in [-0.1, -0.05) is 302 Å². The Kier molecular flexibility index (Phi) is 57.5. The van der Waals surface area contributed by atoms with Gasteiger partial charge in [-0.05, 0) is 57.4 Å². The van der Waals surface area contributed by atoms with Crippen LogP contribution in [0.25, 0.3) is 0 Å². The molecular formula is C68H133N2O7P. The topological polar surface area (TPSA) is 114 Å². The van der Waals surface area contributed by atoms with Gasteiger partial charge in [-0.25, -0.2) is 0 Å². The van der Waals surface area contributed by atoms with Crippen molar-refractivity contribution in [2.45, 2.75) is 360 Å². The summed E-state index contributed by atoms with van der Waals surface area (Å²) in [7, 11) is 1.21. The molecule has 3 unspecified atom stereocenters. The number of phosphoric acid groups is 1. The lowest BCUT2D eigenvalue weighted by Gasteiger charge is -2.30. The number of likely N-dealkylation sites (N-methyl/N-ethyl adjacent to an activating group) is 1. The predicted octanol–water partition coefficient (Wildman–Crippen LogP) is 20.7. The highest BCUT2D eigenvalue weighted by atomic mass is 31.2. The van der Waals surface area contributed by atoms with E-state index in [1.54, 1.807) is 0 Å². The Balaban J connectivity index is 5.05. The van der Waals surface area contributed by atoms with Gasteiger partial charge in [0.1, 0.15) is 19.3 Å². The number of carbonyl (C=O) groups excluding carboxylic acids is 2. The highest BCUT2D eigenvalue weighted by Crippen LogP contribution is 2.38. The van der Waals surface area contributed by atoms with Crippen LogP contribution in [0.2, 0.25) is 0 Å². The van der Waals surface area contributed by atoms with Crippen molar-refractivity contribution in [3.05, 3.63) is 24.3 Å². The van der Waals surface area contributed by atoms with Gasteiger partial charge >= 0.3 is 5.97 Å². The highest BCUT2D eigenvalue weighted by molar-refractivity contribution is 7.45. The molecule has 0 aromatic heterocycles. The van der Waals surface area contributed by atoms with Crippen molar-refractivity contribution in [2.75, 3.05) is 40.9 Å². The second kappa shape index (κ2) is 58.7. The molecule has 0 aliphatic heterocycles. The average Bonchev–Trinajstić information content (AvgIpc) is 3.40. The number of quaternary nitrogens is 1. The molecule has 0 aliphatic carbocycles. The molecule has 0 aliphatic rings. The van der Waals surface area contributed by atoms with Crippen molar-refractivity contribution < 1.29 is 37.3 Å². The van der Waals surface area contributed by atoms with E-state index in [9.17, 15) is 19.0 Å². The minimum absolute atomic E-state index is 0.0179. The molecule has 0 aromatic carbocycles. The maximum Gasteiger partial charge on any atom is 0.306 e. The molecule has 0 saturated carbocycles. The van der Waals surface area contributed by atoms with Gasteiger partial charge in [0, 0.05) is 12.8 Å². The summed E-state index contributed by atoms with van der Waals surface area (Å²) in [5, 5.41) is 3.04. The van der Waals surface area contributed by atoms with E-state index in [2.05, 4.69) is 38.2 Å². The Morgan fingerprint density at radius 2 is 0.744 bits per heavy atom. The molecule has 462 valence electrons. The van der Waals surface area contributed by atoms with Gasteiger partial charge in [-0.3, -0.25) is 14.2 Å². The number of nitrogens with zero attached hydrogens (tertiary/aromatic N) is 1. The zero-order chi connectivity index (χ0) is 57.2. The van der Waals surface area contributed by atoms with Crippen LogP contribution in [-0.4, -0.2) is 69.4 Å². The molecule has 0 rings (SSSR count). The number of unbranched alkanes of at least 4 members (excludes halogenated alkanes) is 45. The number of carbonyl (C=O) groups is 2. The smallest absolute Gasteiger partial charge is 0.306 e. The molecule has 1 N–H and O–H groups in total. The third-order valence-corrected chi connectivity index (χ3v) is 16.6. The molecular weight excluding hydrogens is 988 g/mol. The van der Waals surface area contributed by atoms with Crippen LogP contribution >= 0.6 is 7.82 Å². The SMILES string of the molecule is CCCCCCCC/C=C/CCCCCCCCCCCCCCCCCC(=O)OC(/C=C\CCCCCCCCCCCCC)C(COP(=O)([O-])OCC[N+](C)(C)C)NC(=O)CCCCCCCCCCCCCCCC. The van der Waals surface area contributed by atoms with Gasteiger partial charge in [0.25, 0.3) is 7.82 Å². The molecule has 0 bridgehead atoms. The van der Waals surface area contributed by atoms with Gasteiger partial charge in [0.15, 0.2) is 0 Å². The highest BCUT2D eigenvalue weighted by Gasteiger charge is 2.27. The average molecular weight is 1120 g/mol. The standard InChI is InChI=1S/C68H133N2O7P/c1-7-10-13-16-19-22-25-28-30-31-32-33-34-35-36-37-38-39-40-43-46-49-52-55-58-61-68(72)77-66(59-56-53-50-47-44-41-27-24-21-18-15-12-9-3)65(64-76-78(73,74)75-63-62-70(4,5)6)69-67(71)60-57-54-51-48-45-42-29-26-23-20-17-14-11-8-2/h28,30,56,59,65-66H,7-27,29,31-55,57-58,60-64H2,1-6H3,(H-,69,71,73,74)/b30-28+,59-56-. The van der Waals surface area contributed by atoms with E-state index in [0.717, 1.165) is 57.8 Å². The third kappa shape index (κ3) is 59.1. The molecule has 0 aromatic rings. The molecule has 0 radical (unpaired) electrons. The van der Waals surface area contributed by atoms with Crippen LogP contribution in [0, 0.1) is 0 Å². The summed E-state index contributed by atoms with van der Waals surface area (Å²) in [6.07, 6.45) is 70.1. The van der Waals surface area contributed by atoms with Crippen molar-refractivity contribution in [3.8, 4) is 0 Å². The first-order valence-corrected chi connectivity index (χ1v) is 35.6. The normalized spacial score (nSPS) is 13.7. The van der Waals surface area contributed by atoms with Crippen LogP contribution < -0.4 is 10.2 Å². The number of hydrogen-bond donors (Lipinski definition) is 1. The van der Waals surface area contributed by atoms with E-state index in [4.69, 9.17) is 13.8 Å². The second-order valence-corrected chi connectivity index (χ2v) is 26.1. The monoisotopic (exact) mass is 1120 g/mol. The Hall–Kier alpha value is -1.51. The lowest BCUT2D eigenvalue weighted by molar-refractivity contribution is -0.870. The van der Waals surface area contributed by atoms with E-state index < -0.39 is 20.0 Å². The quantitative estimate of drug-likeness (QED) is 0.0212. The van der Waals surface area contributed by atoms with Crippen molar-refractivity contribution in [2.24, 2.45) is 0 Å². The fraction of sp³-hybridized carbons (Fsp3) is 0.912. The number of allylic oxidation sites excluding steroid dienone is 3. The summed E-state index contributed by atoms with van der Waals surface area (Å²) < 4.78 is 30.4. The van der Waals surface area contributed by atoms with E-state index in [1.807, 2.05) is 33.3 Å². The molecule has 0 spiro atoms. The molecule has 3 atom stereocenters. The van der Waals surface area contributed by atoms with Crippen LogP contribution in [0.5, 0.6) is 0 Å². The van der Waals surface area contributed by atoms with Crippen LogP contribution in [-0.2, 0) is 27.9 Å². The minimum Gasteiger partial charge on any atom is -0.756 e. The van der Waals surface area contributed by atoms with Crippen molar-refractivity contribution >= 4 is 19.7 Å². The van der Waals surface area contributed by atoms with Gasteiger partial charge in [-0.2, -0.15) is 0 Å². The van der Waals surface area contributed by atoms with Crippen molar-refractivity contribution in [3.63, 3.8) is 0 Å². The van der Waals surface area contributed by atoms with Crippen molar-refractivity contribution in [1.82, 2.24) is 5.32 Å². The zero-order valence-electron chi connectivity index (χ0n) is 52.9. The number of ether oxygens (including phenoxy) is 1. The lowest BCUT2D eigenvalue weighted by Crippen LogP contribution is -2.47. The maximum atomic E-state index is 13.5. The first-order valence-electron chi connectivity index (χ1n) is 34.1. The number of phosphoric ester groups is 1. The zero-order valence-corrected chi connectivity index (χ0v) is 53.8. The largest absolute Gasteiger partial charge is 0.756 e. The summed E-state index contributed by atoms with van der Waals surface area (Å²) in [5.41, 5.74) is 0. The summed E-state index contributed by atoms with van der Waals surface area (Å²) in [4.78, 5) is 40.1. The molecule has 1 amide bonds. The number of esters is 1. The molecule has 78 heavy (non-hydrogen) atoms. The van der Waals surface area contributed by atoms with Crippen LogP contribution in [0.15, 0.2) is 24.3 Å². The van der Waals surface area contributed by atoms with Crippen LogP contribution in [0.4, 0.5) is 0 Å². The maximum absolute atomic E-state index is 13.5. The summed E-state index contributed by atoms with van der Waals surface area (Å²) in [5.74, 6) is -0.520. The minimum atomic E-state index is -4.69. The van der Waals surface area contributed by atoms with Crippen molar-refractivity contribution in [1.29, 1.82) is 0 Å². The van der Waals surface area contributed by atoms with E-state index in [1.165, 1.54) is 257 Å². The van der Waals surface area contributed by atoms with Crippen LogP contribution in [0.1, 0.15) is 348 Å². The number of amides is 1. The molecule has 0 saturated heterocycles. The fourth-order valence-electron chi connectivity index (χ4n) is 10.3. The first-order chi connectivity index (χ1) is 37.9. The summed E-state index contributed by atoms with van der Waals surface area (Å²) in [6.45, 7) is 6.90. The number of hydrogen-bond acceptors (Lipinski definition) is 7. The molecule has 10 heteroatoms. The van der Waals surface area contributed by atoms with Gasteiger partial charge < -0.3 is 28.5 Å². The Labute approximate surface area is 485 Å². The van der Waals surface area contributed by atoms with Gasteiger partial charge in [0.2, 0.25) is 5.91 Å². The third-order valence-electron chi connectivity index (χ3n) is 15.6. The van der Waals surface area contributed by atoms with E-state index in [0.29, 0.717) is 17.4 Å². The second-order valence-electron chi connectivity index (χ2n) is 24.7. The summed E-state index contributed by atoms with van der Waals surface area (Å²) in [6, 6.07) is -0.882. The van der Waals surface area contributed by atoms with E-state index in [-0.39, 0.29) is 31.5 Å². The predicted molar refractivity (Wildman–Crippen MR) is 335 cm³/mol. The Morgan fingerprint density at radius 3 is 1.09 bits per heavy atom. The number of nitrogens with one attached hydrogen (secondary N) is 1. The molecule has 0 heterocycles. The lowest BCUT2D eigenvalue weighted by atomic mass is 10.0. The Bertz CT molecular complexity index is 1380. The van der Waals surface area contributed by atoms with Gasteiger partial charge in [0.05, 0.1) is 33.8 Å². The van der Waals surface area contributed by atoms with Gasteiger partial charge in [-0.15, -0.1) is 0 Å². The van der Waals surface area contributed by atoms with Crippen LogP contribution in [0.3, 0.4) is 0 Å². The summed E-state index contributed by atoms with van der Waals surface area (Å²) >= 11 is 0. The number of rotatable bonds is 63.